The average molecular weight is 307 g/mol. The zero-order valence-corrected chi connectivity index (χ0v) is 11.2. The molecule has 1 aliphatic heterocycles. The third kappa shape index (κ3) is 1.74. The highest BCUT2D eigenvalue weighted by atomic mass is 32.1. The molecule has 1 aliphatic rings. The zero-order valence-electron chi connectivity index (χ0n) is 10.4. The summed E-state index contributed by atoms with van der Waals surface area (Å²) in [7, 11) is 0. The highest BCUT2D eigenvalue weighted by molar-refractivity contribution is 7.14. The van der Waals surface area contributed by atoms with Gasteiger partial charge in [0.25, 0.3) is 5.56 Å². The SMILES string of the molecule is O=c1c2c(F)c(F)ccc2sn1-c1ccc2c(c1)OCO2. The van der Waals surface area contributed by atoms with Crippen molar-refractivity contribution in [3.63, 3.8) is 0 Å². The highest BCUT2D eigenvalue weighted by Gasteiger charge is 2.19. The Morgan fingerprint density at radius 1 is 1.10 bits per heavy atom. The summed E-state index contributed by atoms with van der Waals surface area (Å²) in [6.45, 7) is 0.125. The van der Waals surface area contributed by atoms with E-state index in [2.05, 4.69) is 0 Å². The molecule has 0 fully saturated rings. The van der Waals surface area contributed by atoms with Gasteiger partial charge < -0.3 is 9.47 Å². The number of halogens is 2. The van der Waals surface area contributed by atoms with Gasteiger partial charge in [-0.05, 0) is 24.3 Å². The van der Waals surface area contributed by atoms with Crippen LogP contribution in [0, 0.1) is 11.6 Å². The smallest absolute Gasteiger partial charge is 0.276 e. The fraction of sp³-hybridized carbons (Fsp3) is 0.0714. The number of hydrogen-bond donors (Lipinski definition) is 0. The molecule has 0 spiro atoms. The van der Waals surface area contributed by atoms with Gasteiger partial charge in [-0.15, -0.1) is 0 Å². The third-order valence-electron chi connectivity index (χ3n) is 3.24. The van der Waals surface area contributed by atoms with Gasteiger partial charge in [0, 0.05) is 6.07 Å². The lowest BCUT2D eigenvalue weighted by molar-refractivity contribution is 0.174. The Bertz CT molecular complexity index is 932. The van der Waals surface area contributed by atoms with Gasteiger partial charge in [0.15, 0.2) is 23.1 Å². The van der Waals surface area contributed by atoms with Crippen molar-refractivity contribution in [2.75, 3.05) is 6.79 Å². The first-order valence-electron chi connectivity index (χ1n) is 6.05. The molecule has 0 N–H and O–H groups in total. The summed E-state index contributed by atoms with van der Waals surface area (Å²) < 4.78 is 39.2. The van der Waals surface area contributed by atoms with E-state index in [9.17, 15) is 13.6 Å². The lowest BCUT2D eigenvalue weighted by Gasteiger charge is -2.01. The van der Waals surface area contributed by atoms with E-state index in [0.29, 0.717) is 21.9 Å². The van der Waals surface area contributed by atoms with Crippen LogP contribution in [0.2, 0.25) is 0 Å². The van der Waals surface area contributed by atoms with Gasteiger partial charge in [-0.3, -0.25) is 4.79 Å². The van der Waals surface area contributed by atoms with Gasteiger partial charge in [0.2, 0.25) is 6.79 Å². The lowest BCUT2D eigenvalue weighted by atomic mass is 10.2. The minimum absolute atomic E-state index is 0.125. The number of rotatable bonds is 1. The Labute approximate surface area is 120 Å². The van der Waals surface area contributed by atoms with Crippen LogP contribution >= 0.6 is 11.5 Å². The normalized spacial score (nSPS) is 13.0. The van der Waals surface area contributed by atoms with Crippen LogP contribution in [-0.2, 0) is 0 Å². The molecule has 3 aromatic rings. The minimum atomic E-state index is -1.12. The van der Waals surface area contributed by atoms with E-state index in [1.807, 2.05) is 0 Å². The van der Waals surface area contributed by atoms with Crippen molar-refractivity contribution < 1.29 is 18.3 Å². The van der Waals surface area contributed by atoms with E-state index in [1.54, 1.807) is 18.2 Å². The Morgan fingerprint density at radius 3 is 2.76 bits per heavy atom. The second-order valence-corrected chi connectivity index (χ2v) is 5.45. The van der Waals surface area contributed by atoms with E-state index >= 15 is 0 Å². The maximum atomic E-state index is 13.8. The minimum Gasteiger partial charge on any atom is -0.454 e. The fourth-order valence-corrected chi connectivity index (χ4v) is 3.22. The quantitative estimate of drug-likeness (QED) is 0.694. The van der Waals surface area contributed by atoms with Crippen LogP contribution in [0.25, 0.3) is 15.8 Å². The van der Waals surface area contributed by atoms with Gasteiger partial charge in [-0.1, -0.05) is 11.5 Å². The van der Waals surface area contributed by atoms with Crippen LogP contribution in [0.1, 0.15) is 0 Å². The topological polar surface area (TPSA) is 40.5 Å². The van der Waals surface area contributed by atoms with Crippen molar-refractivity contribution in [2.24, 2.45) is 0 Å². The Balaban J connectivity index is 1.97. The number of nitrogens with zero attached hydrogens (tertiary/aromatic N) is 1. The summed E-state index contributed by atoms with van der Waals surface area (Å²) in [6.07, 6.45) is 0. The largest absolute Gasteiger partial charge is 0.454 e. The molecule has 0 saturated carbocycles. The second-order valence-electron chi connectivity index (χ2n) is 4.46. The predicted molar refractivity (Wildman–Crippen MR) is 73.5 cm³/mol. The van der Waals surface area contributed by atoms with Crippen LogP contribution in [0.4, 0.5) is 8.78 Å². The molecule has 1 aromatic heterocycles. The first-order chi connectivity index (χ1) is 10.1. The van der Waals surface area contributed by atoms with E-state index in [4.69, 9.17) is 9.47 Å². The van der Waals surface area contributed by atoms with Crippen molar-refractivity contribution >= 4 is 21.6 Å². The Hall–Kier alpha value is -2.41. The average Bonchev–Trinajstić information content (AvgIpc) is 3.07. The molecule has 106 valence electrons. The van der Waals surface area contributed by atoms with Crippen molar-refractivity contribution in [2.45, 2.75) is 0 Å². The molecule has 2 heterocycles. The summed E-state index contributed by atoms with van der Waals surface area (Å²) in [5, 5.41) is -0.238. The van der Waals surface area contributed by atoms with Crippen LogP contribution in [0.3, 0.4) is 0 Å². The van der Waals surface area contributed by atoms with Gasteiger partial charge in [0.1, 0.15) is 0 Å². The van der Waals surface area contributed by atoms with E-state index < -0.39 is 17.2 Å². The van der Waals surface area contributed by atoms with Crippen molar-refractivity contribution in [3.8, 4) is 17.2 Å². The predicted octanol–water partition coefficient (Wildman–Crippen LogP) is 3.06. The monoisotopic (exact) mass is 307 g/mol. The summed E-state index contributed by atoms with van der Waals surface area (Å²) in [6, 6.07) is 7.37. The highest BCUT2D eigenvalue weighted by Crippen LogP contribution is 2.34. The molecule has 0 atom stereocenters. The number of aromatic nitrogens is 1. The van der Waals surface area contributed by atoms with Crippen LogP contribution < -0.4 is 15.0 Å². The Kier molecular flexibility index (Phi) is 2.52. The summed E-state index contributed by atoms with van der Waals surface area (Å²) in [4.78, 5) is 12.3. The number of ether oxygens (including phenoxy) is 2. The van der Waals surface area contributed by atoms with Gasteiger partial charge in [0.05, 0.1) is 15.8 Å². The standard InChI is InChI=1S/C14H7F2NO3S/c15-8-2-4-11-12(13(8)16)14(18)17(21-11)7-1-3-9-10(5-7)20-6-19-9/h1-5H,6H2. The molecule has 0 radical (unpaired) electrons. The van der Waals surface area contributed by atoms with Crippen LogP contribution in [0.15, 0.2) is 35.1 Å². The van der Waals surface area contributed by atoms with Crippen LogP contribution in [0.5, 0.6) is 11.5 Å². The lowest BCUT2D eigenvalue weighted by Crippen LogP contribution is -2.12. The maximum absolute atomic E-state index is 13.8. The fourth-order valence-electron chi connectivity index (χ4n) is 2.23. The number of hydrogen-bond acceptors (Lipinski definition) is 4. The first kappa shape index (κ1) is 12.3. The Morgan fingerprint density at radius 2 is 1.90 bits per heavy atom. The molecular formula is C14H7F2NO3S. The number of benzene rings is 2. The third-order valence-corrected chi connectivity index (χ3v) is 4.33. The number of fused-ring (bicyclic) bond motifs is 2. The molecule has 7 heteroatoms. The molecule has 4 rings (SSSR count). The van der Waals surface area contributed by atoms with E-state index in [-0.39, 0.29) is 12.2 Å². The van der Waals surface area contributed by atoms with Crippen molar-refractivity contribution in [1.29, 1.82) is 0 Å². The zero-order chi connectivity index (χ0) is 14.6. The molecular weight excluding hydrogens is 300 g/mol. The molecule has 0 amide bonds. The molecule has 21 heavy (non-hydrogen) atoms. The van der Waals surface area contributed by atoms with Crippen molar-refractivity contribution in [1.82, 2.24) is 3.96 Å². The van der Waals surface area contributed by atoms with Crippen molar-refractivity contribution in [3.05, 3.63) is 52.3 Å². The van der Waals surface area contributed by atoms with Gasteiger partial charge >= 0.3 is 0 Å². The second kappa shape index (κ2) is 4.29. The molecule has 4 nitrogen and oxygen atoms in total. The molecule has 0 unspecified atom stereocenters. The summed E-state index contributed by atoms with van der Waals surface area (Å²) >= 11 is 1.05. The first-order valence-corrected chi connectivity index (χ1v) is 6.82. The van der Waals surface area contributed by atoms with E-state index in [0.717, 1.165) is 17.6 Å². The molecule has 0 aliphatic carbocycles. The van der Waals surface area contributed by atoms with Gasteiger partial charge in [-0.2, -0.15) is 0 Å². The maximum Gasteiger partial charge on any atom is 0.276 e. The summed E-state index contributed by atoms with van der Waals surface area (Å²) in [5.41, 5.74) is -0.0730. The van der Waals surface area contributed by atoms with E-state index in [1.165, 1.54) is 10.0 Å². The molecule has 2 aromatic carbocycles. The van der Waals surface area contributed by atoms with Gasteiger partial charge in [-0.25, -0.2) is 12.7 Å². The van der Waals surface area contributed by atoms with Crippen LogP contribution in [-0.4, -0.2) is 10.7 Å². The molecule has 0 saturated heterocycles. The summed E-state index contributed by atoms with van der Waals surface area (Å²) in [5.74, 6) is -1.04. The molecule has 0 bridgehead atoms.